The van der Waals surface area contributed by atoms with Crippen LogP contribution in [0.1, 0.15) is 91.0 Å². The van der Waals surface area contributed by atoms with Crippen LogP contribution in [0.2, 0.25) is 0 Å². The molecule has 6 rings (SSSR count). The van der Waals surface area contributed by atoms with Crippen LogP contribution >= 0.6 is 11.3 Å². The fourth-order valence-electron chi connectivity index (χ4n) is 7.81. The zero-order valence-electron chi connectivity index (χ0n) is 27.6. The van der Waals surface area contributed by atoms with E-state index >= 15 is 0 Å². The lowest BCUT2D eigenvalue weighted by molar-refractivity contribution is 0.0950. The van der Waals surface area contributed by atoms with E-state index in [1.54, 1.807) is 0 Å². The largest absolute Gasteiger partial charge is 0.423 e. The van der Waals surface area contributed by atoms with Crippen molar-refractivity contribution in [3.63, 3.8) is 0 Å². The molecule has 1 saturated carbocycles. The molecule has 3 heterocycles. The maximum absolute atomic E-state index is 6.90. The molecule has 4 aromatic rings. The summed E-state index contributed by atoms with van der Waals surface area (Å²) in [5.41, 5.74) is 3.71. The van der Waals surface area contributed by atoms with Crippen molar-refractivity contribution >= 4 is 17.2 Å². The van der Waals surface area contributed by atoms with Gasteiger partial charge >= 0.3 is 0 Å². The van der Waals surface area contributed by atoms with Crippen molar-refractivity contribution in [3.8, 4) is 0 Å². The van der Waals surface area contributed by atoms with Gasteiger partial charge in [0.2, 0.25) is 11.8 Å². The lowest BCUT2D eigenvalue weighted by Crippen LogP contribution is -2.36. The molecule has 2 aliphatic rings. The standard InChI is InChI=1S/C39H52N4OS/c1-41(2)37(36-18-13-27-45-36)33-21-19-32(20-22-33)29-35(43-24-11-6-12-25-43)38-40-34(28-31-16-9-5-10-17-31)39(44-38)42(3)26-23-30-14-7-4-8-15-30/h4-5,7-10,13-18,27,32-33,35,37H,6,11-12,19-26,28-29H2,1-3H3. The third-order valence-corrected chi connectivity index (χ3v) is 11.2. The number of rotatable bonds is 13. The molecule has 2 aromatic heterocycles. The van der Waals surface area contributed by atoms with Gasteiger partial charge < -0.3 is 14.2 Å². The van der Waals surface area contributed by atoms with Gasteiger partial charge in [0.05, 0.1) is 6.04 Å². The Hall–Kier alpha value is -2.93. The zero-order valence-corrected chi connectivity index (χ0v) is 28.4. The molecule has 0 N–H and O–H groups in total. The molecule has 5 nitrogen and oxygen atoms in total. The lowest BCUT2D eigenvalue weighted by atomic mass is 9.75. The van der Waals surface area contributed by atoms with Crippen molar-refractivity contribution < 1.29 is 4.42 Å². The fraction of sp³-hybridized carbons (Fsp3) is 0.513. The highest BCUT2D eigenvalue weighted by atomic mass is 32.1. The number of hydrogen-bond acceptors (Lipinski definition) is 6. The number of piperidine rings is 1. The van der Waals surface area contributed by atoms with Gasteiger partial charge in [-0.2, -0.15) is 0 Å². The van der Waals surface area contributed by atoms with E-state index in [0.717, 1.165) is 62.3 Å². The first-order valence-corrected chi connectivity index (χ1v) is 18.2. The van der Waals surface area contributed by atoms with Crippen LogP contribution in [-0.2, 0) is 12.8 Å². The molecule has 1 aliphatic heterocycles. The van der Waals surface area contributed by atoms with E-state index in [2.05, 4.69) is 114 Å². The molecule has 240 valence electrons. The quantitative estimate of drug-likeness (QED) is 0.148. The number of anilines is 1. The maximum Gasteiger partial charge on any atom is 0.219 e. The number of likely N-dealkylation sites (tertiary alicyclic amines) is 1. The second-order valence-corrected chi connectivity index (χ2v) is 14.7. The Morgan fingerprint density at radius 2 is 1.53 bits per heavy atom. The second-order valence-electron chi connectivity index (χ2n) is 13.7. The van der Waals surface area contributed by atoms with Crippen molar-refractivity contribution in [1.29, 1.82) is 0 Å². The number of benzene rings is 2. The van der Waals surface area contributed by atoms with Crippen LogP contribution in [0.15, 0.2) is 82.6 Å². The molecular formula is C39H52N4OS. The van der Waals surface area contributed by atoms with E-state index in [4.69, 9.17) is 9.40 Å². The first-order valence-electron chi connectivity index (χ1n) is 17.3. The van der Waals surface area contributed by atoms with Crippen LogP contribution in [0.5, 0.6) is 0 Å². The first kappa shape index (κ1) is 32.0. The Kier molecular flexibility index (Phi) is 11.1. The lowest BCUT2D eigenvalue weighted by Gasteiger charge is -2.39. The normalized spacial score (nSPS) is 20.7. The van der Waals surface area contributed by atoms with Crippen molar-refractivity contribution in [2.75, 3.05) is 45.7 Å². The number of hydrogen-bond donors (Lipinski definition) is 0. The summed E-state index contributed by atoms with van der Waals surface area (Å²) in [6.45, 7) is 3.20. The predicted molar refractivity (Wildman–Crippen MR) is 188 cm³/mol. The van der Waals surface area contributed by atoms with Crippen LogP contribution in [0, 0.1) is 11.8 Å². The van der Waals surface area contributed by atoms with Crippen LogP contribution < -0.4 is 4.90 Å². The van der Waals surface area contributed by atoms with Gasteiger partial charge in [0, 0.05) is 30.9 Å². The molecule has 0 spiro atoms. The summed E-state index contributed by atoms with van der Waals surface area (Å²) >= 11 is 1.92. The van der Waals surface area contributed by atoms with Crippen molar-refractivity contribution in [2.45, 2.75) is 76.3 Å². The first-order chi connectivity index (χ1) is 22.0. The van der Waals surface area contributed by atoms with Gasteiger partial charge in [-0.05, 0) is 100 Å². The molecule has 0 radical (unpaired) electrons. The minimum absolute atomic E-state index is 0.250. The third kappa shape index (κ3) is 8.27. The van der Waals surface area contributed by atoms with E-state index < -0.39 is 0 Å². The predicted octanol–water partition coefficient (Wildman–Crippen LogP) is 9.03. The van der Waals surface area contributed by atoms with Crippen LogP contribution in [0.3, 0.4) is 0 Å². The second kappa shape index (κ2) is 15.6. The monoisotopic (exact) mass is 624 g/mol. The summed E-state index contributed by atoms with van der Waals surface area (Å²) in [6.07, 6.45) is 12.0. The van der Waals surface area contributed by atoms with E-state index in [1.165, 1.54) is 60.9 Å². The van der Waals surface area contributed by atoms with Crippen molar-refractivity contribution in [2.24, 2.45) is 11.8 Å². The Morgan fingerprint density at radius 1 is 0.844 bits per heavy atom. The highest BCUT2D eigenvalue weighted by Crippen LogP contribution is 2.44. The number of nitrogens with zero attached hydrogens (tertiary/aromatic N) is 4. The van der Waals surface area contributed by atoms with Gasteiger partial charge in [0.15, 0.2) is 0 Å². The third-order valence-electron chi connectivity index (χ3n) is 10.2. The molecule has 0 amide bonds. The van der Waals surface area contributed by atoms with E-state index in [9.17, 15) is 0 Å². The van der Waals surface area contributed by atoms with Crippen molar-refractivity contribution in [1.82, 2.24) is 14.8 Å². The topological polar surface area (TPSA) is 35.8 Å². The number of likely N-dealkylation sites (N-methyl/N-ethyl adjacent to an activating group) is 1. The summed E-state index contributed by atoms with van der Waals surface area (Å²) in [4.78, 5) is 14.3. The van der Waals surface area contributed by atoms with Crippen LogP contribution in [0.25, 0.3) is 0 Å². The van der Waals surface area contributed by atoms with E-state index in [-0.39, 0.29) is 6.04 Å². The molecule has 2 aromatic carbocycles. The van der Waals surface area contributed by atoms with Gasteiger partial charge in [0.1, 0.15) is 5.69 Å². The van der Waals surface area contributed by atoms with E-state index in [1.807, 2.05) is 11.3 Å². The molecule has 6 heteroatoms. The highest BCUT2D eigenvalue weighted by molar-refractivity contribution is 7.10. The molecule has 2 atom stereocenters. The summed E-state index contributed by atoms with van der Waals surface area (Å²) in [5, 5.41) is 2.23. The Bertz CT molecular complexity index is 1410. The average Bonchev–Trinajstić information content (AvgIpc) is 3.75. The highest BCUT2D eigenvalue weighted by Gasteiger charge is 2.35. The fourth-order valence-corrected chi connectivity index (χ4v) is 8.82. The van der Waals surface area contributed by atoms with Crippen molar-refractivity contribution in [3.05, 3.63) is 106 Å². The Morgan fingerprint density at radius 3 is 2.18 bits per heavy atom. The SMILES string of the molecule is CN(CCc1ccccc1)c1oc(C(CC2CCC(C(c3cccs3)N(C)C)CC2)N2CCCCC2)nc1Cc1ccccc1. The van der Waals surface area contributed by atoms with Gasteiger partial charge in [0.25, 0.3) is 0 Å². The molecule has 0 bridgehead atoms. The van der Waals surface area contributed by atoms with Gasteiger partial charge in [-0.25, -0.2) is 4.98 Å². The van der Waals surface area contributed by atoms with Gasteiger partial charge in [-0.15, -0.1) is 11.3 Å². The molecular weight excluding hydrogens is 573 g/mol. The van der Waals surface area contributed by atoms with Crippen LogP contribution in [-0.4, -0.2) is 55.6 Å². The summed E-state index contributed by atoms with van der Waals surface area (Å²) in [6, 6.07) is 26.9. The minimum atomic E-state index is 0.250. The zero-order chi connectivity index (χ0) is 31.0. The Balaban J connectivity index is 1.21. The molecule has 2 unspecified atom stereocenters. The Labute approximate surface area is 275 Å². The molecule has 1 saturated heterocycles. The number of oxazole rings is 1. The maximum atomic E-state index is 6.90. The van der Waals surface area contributed by atoms with Crippen LogP contribution in [0.4, 0.5) is 5.88 Å². The molecule has 1 aliphatic carbocycles. The summed E-state index contributed by atoms with van der Waals surface area (Å²) in [7, 11) is 6.69. The number of thiophene rings is 1. The van der Waals surface area contributed by atoms with Gasteiger partial charge in [-0.1, -0.05) is 86.0 Å². The average molecular weight is 625 g/mol. The van der Waals surface area contributed by atoms with Gasteiger partial charge in [-0.3, -0.25) is 4.90 Å². The molecule has 2 fully saturated rings. The van der Waals surface area contributed by atoms with E-state index in [0.29, 0.717) is 12.0 Å². The number of aromatic nitrogens is 1. The molecule has 45 heavy (non-hydrogen) atoms. The summed E-state index contributed by atoms with van der Waals surface area (Å²) < 4.78 is 6.90. The smallest absolute Gasteiger partial charge is 0.219 e. The summed E-state index contributed by atoms with van der Waals surface area (Å²) in [5.74, 6) is 3.33. The minimum Gasteiger partial charge on any atom is -0.423 e.